The third-order valence-electron chi connectivity index (χ3n) is 2.85. The van der Waals surface area contributed by atoms with Crippen LogP contribution in [0.15, 0.2) is 34.7 Å². The quantitative estimate of drug-likeness (QED) is 0.757. The maximum absolute atomic E-state index is 12.2. The minimum absolute atomic E-state index is 0.312. The third-order valence-corrected chi connectivity index (χ3v) is 4.26. The van der Waals surface area contributed by atoms with Crippen LogP contribution < -0.4 is 0 Å². The van der Waals surface area contributed by atoms with Crippen molar-refractivity contribution in [2.24, 2.45) is 10.3 Å². The van der Waals surface area contributed by atoms with Crippen molar-refractivity contribution in [3.63, 3.8) is 0 Å². The number of benzene rings is 1. The van der Waals surface area contributed by atoms with E-state index in [2.05, 4.69) is 18.2 Å². The molecule has 2 atom stereocenters. The Morgan fingerprint density at radius 3 is 2.28 bits per heavy atom. The lowest BCUT2D eigenvalue weighted by Crippen LogP contribution is -2.23. The second-order valence-corrected chi connectivity index (χ2v) is 7.42. The molecule has 1 aromatic carbocycles. The van der Waals surface area contributed by atoms with Gasteiger partial charge in [0, 0.05) is 0 Å². The highest BCUT2D eigenvalue weighted by Crippen LogP contribution is 2.18. The molecular formula is C15H23NOS. The van der Waals surface area contributed by atoms with E-state index in [1.165, 1.54) is 0 Å². The molecule has 0 bridgehead atoms. The van der Waals surface area contributed by atoms with Crippen molar-refractivity contribution < 1.29 is 4.21 Å². The Balaban J connectivity index is 3.15. The lowest BCUT2D eigenvalue weighted by Gasteiger charge is -2.18. The SMILES string of the molecule is CCC(C)/C(=N/[S@](=O)C(C)(C)C)c1ccccc1. The maximum atomic E-state index is 12.2. The summed E-state index contributed by atoms with van der Waals surface area (Å²) in [6.45, 7) is 10.1. The molecule has 0 heterocycles. The summed E-state index contributed by atoms with van der Waals surface area (Å²) in [4.78, 5) is 0. The molecule has 0 saturated carbocycles. The zero-order valence-corrected chi connectivity index (χ0v) is 12.8. The smallest absolute Gasteiger partial charge is 0.145 e. The van der Waals surface area contributed by atoms with E-state index in [-0.39, 0.29) is 4.75 Å². The Morgan fingerprint density at radius 2 is 1.83 bits per heavy atom. The summed E-state index contributed by atoms with van der Waals surface area (Å²) in [6, 6.07) is 10.0. The normalized spacial score (nSPS) is 16.4. The Labute approximate surface area is 113 Å². The average molecular weight is 265 g/mol. The Morgan fingerprint density at radius 1 is 1.28 bits per heavy atom. The molecule has 1 rings (SSSR count). The zero-order chi connectivity index (χ0) is 13.8. The Hall–Kier alpha value is -0.960. The van der Waals surface area contributed by atoms with Crippen molar-refractivity contribution >= 4 is 16.7 Å². The van der Waals surface area contributed by atoms with Crippen molar-refractivity contribution in [3.8, 4) is 0 Å². The summed E-state index contributed by atoms with van der Waals surface area (Å²) in [5, 5.41) is 0. The van der Waals surface area contributed by atoms with E-state index in [1.54, 1.807) is 0 Å². The van der Waals surface area contributed by atoms with Crippen LogP contribution in [0, 0.1) is 5.92 Å². The molecule has 0 amide bonds. The first-order valence-electron chi connectivity index (χ1n) is 6.42. The predicted octanol–water partition coefficient (Wildman–Crippen LogP) is 3.98. The van der Waals surface area contributed by atoms with Gasteiger partial charge in [0.2, 0.25) is 0 Å². The molecule has 1 aromatic rings. The first-order chi connectivity index (χ1) is 8.36. The predicted molar refractivity (Wildman–Crippen MR) is 80.3 cm³/mol. The van der Waals surface area contributed by atoms with Crippen LogP contribution in [0.4, 0.5) is 0 Å². The van der Waals surface area contributed by atoms with Crippen molar-refractivity contribution in [1.29, 1.82) is 0 Å². The summed E-state index contributed by atoms with van der Waals surface area (Å²) in [5.41, 5.74) is 2.02. The molecule has 0 aliphatic rings. The molecule has 100 valence electrons. The van der Waals surface area contributed by atoms with Gasteiger partial charge >= 0.3 is 0 Å². The number of hydrogen-bond donors (Lipinski definition) is 0. The summed E-state index contributed by atoms with van der Waals surface area (Å²) >= 11 is 0. The van der Waals surface area contributed by atoms with Crippen LogP contribution in [-0.4, -0.2) is 14.7 Å². The molecule has 0 aliphatic heterocycles. The van der Waals surface area contributed by atoms with Gasteiger partial charge in [-0.2, -0.15) is 4.40 Å². The van der Waals surface area contributed by atoms with Crippen LogP contribution in [0.2, 0.25) is 0 Å². The highest BCUT2D eigenvalue weighted by Gasteiger charge is 2.21. The lowest BCUT2D eigenvalue weighted by atomic mass is 9.96. The molecule has 3 heteroatoms. The lowest BCUT2D eigenvalue weighted by molar-refractivity contribution is 0.649. The van der Waals surface area contributed by atoms with Gasteiger partial charge in [-0.3, -0.25) is 0 Å². The van der Waals surface area contributed by atoms with Gasteiger partial charge in [0.25, 0.3) is 0 Å². The van der Waals surface area contributed by atoms with Gasteiger partial charge in [0.1, 0.15) is 11.0 Å². The van der Waals surface area contributed by atoms with Crippen molar-refractivity contribution in [1.82, 2.24) is 0 Å². The third kappa shape index (κ3) is 4.05. The highest BCUT2D eigenvalue weighted by molar-refractivity contribution is 7.85. The number of rotatable bonds is 4. The molecule has 1 unspecified atom stereocenters. The van der Waals surface area contributed by atoms with Crippen LogP contribution in [0.25, 0.3) is 0 Å². The average Bonchev–Trinajstić information content (AvgIpc) is 2.34. The fraction of sp³-hybridized carbons (Fsp3) is 0.533. The molecule has 18 heavy (non-hydrogen) atoms. The van der Waals surface area contributed by atoms with Gasteiger partial charge in [0.15, 0.2) is 0 Å². The van der Waals surface area contributed by atoms with Gasteiger partial charge < -0.3 is 0 Å². The highest BCUT2D eigenvalue weighted by atomic mass is 32.2. The molecule has 0 N–H and O–H groups in total. The Kier molecular flexibility index (Phi) is 5.27. The van der Waals surface area contributed by atoms with E-state index >= 15 is 0 Å². The van der Waals surface area contributed by atoms with Crippen LogP contribution >= 0.6 is 0 Å². The topological polar surface area (TPSA) is 29.4 Å². The standard InChI is InChI=1S/C15H23NOS/c1-6-12(2)14(13-10-8-7-9-11-13)16-18(17)15(3,4)5/h7-12H,6H2,1-5H3/b16-14-/t12?,18-/m1/s1. The molecule has 0 radical (unpaired) electrons. The van der Waals surface area contributed by atoms with Crippen molar-refractivity contribution in [2.45, 2.75) is 45.8 Å². The van der Waals surface area contributed by atoms with E-state index in [9.17, 15) is 4.21 Å². The second-order valence-electron chi connectivity index (χ2n) is 5.51. The Bertz CT molecular complexity index is 432. The zero-order valence-electron chi connectivity index (χ0n) is 11.9. The summed E-state index contributed by atoms with van der Waals surface area (Å²) in [7, 11) is -1.20. The summed E-state index contributed by atoms with van der Waals surface area (Å²) < 4.78 is 16.4. The van der Waals surface area contributed by atoms with E-state index < -0.39 is 11.0 Å². The van der Waals surface area contributed by atoms with E-state index in [0.717, 1.165) is 17.7 Å². The van der Waals surface area contributed by atoms with Gasteiger partial charge in [-0.05, 0) is 38.7 Å². The fourth-order valence-corrected chi connectivity index (χ4v) is 2.19. The maximum Gasteiger partial charge on any atom is 0.145 e. The monoisotopic (exact) mass is 265 g/mol. The molecule has 0 spiro atoms. The largest absolute Gasteiger partial charge is 0.234 e. The first kappa shape index (κ1) is 15.1. The minimum atomic E-state index is -1.20. The van der Waals surface area contributed by atoms with E-state index in [1.807, 2.05) is 51.1 Å². The van der Waals surface area contributed by atoms with Crippen molar-refractivity contribution in [2.75, 3.05) is 0 Å². The summed E-state index contributed by atoms with van der Waals surface area (Å²) in [6.07, 6.45) is 0.995. The molecule has 0 aromatic heterocycles. The van der Waals surface area contributed by atoms with Crippen LogP contribution in [0.1, 0.15) is 46.6 Å². The number of nitrogens with zero attached hydrogens (tertiary/aromatic N) is 1. The second kappa shape index (κ2) is 6.28. The van der Waals surface area contributed by atoms with Crippen LogP contribution in [-0.2, 0) is 11.0 Å². The van der Waals surface area contributed by atoms with E-state index in [4.69, 9.17) is 0 Å². The molecule has 2 nitrogen and oxygen atoms in total. The molecule has 0 fully saturated rings. The molecular weight excluding hydrogens is 242 g/mol. The summed E-state index contributed by atoms with van der Waals surface area (Å²) in [5.74, 6) is 0.318. The van der Waals surface area contributed by atoms with E-state index in [0.29, 0.717) is 5.92 Å². The first-order valence-corrected chi connectivity index (χ1v) is 7.53. The van der Waals surface area contributed by atoms with Gasteiger partial charge in [-0.1, -0.05) is 44.2 Å². The molecule has 0 aliphatic carbocycles. The van der Waals surface area contributed by atoms with Crippen LogP contribution in [0.5, 0.6) is 0 Å². The van der Waals surface area contributed by atoms with Crippen LogP contribution in [0.3, 0.4) is 0 Å². The molecule has 0 saturated heterocycles. The van der Waals surface area contributed by atoms with Gasteiger partial charge in [0.05, 0.1) is 10.5 Å². The fourth-order valence-electron chi connectivity index (χ4n) is 1.46. The number of hydrogen-bond acceptors (Lipinski definition) is 1. The van der Waals surface area contributed by atoms with Crippen molar-refractivity contribution in [3.05, 3.63) is 35.9 Å². The van der Waals surface area contributed by atoms with Gasteiger partial charge in [-0.25, -0.2) is 4.21 Å². The van der Waals surface area contributed by atoms with Gasteiger partial charge in [-0.15, -0.1) is 0 Å². The minimum Gasteiger partial charge on any atom is -0.234 e.